The number of nitrogens with zero attached hydrogens (tertiary/aromatic N) is 3. The van der Waals surface area contributed by atoms with E-state index >= 15 is 0 Å². The van der Waals surface area contributed by atoms with Gasteiger partial charge in [-0.1, -0.05) is 0 Å². The number of hydrogen-bond acceptors (Lipinski definition) is 5. The monoisotopic (exact) mass is 282 g/mol. The summed E-state index contributed by atoms with van der Waals surface area (Å²) in [4.78, 5) is 0. The lowest BCUT2D eigenvalue weighted by molar-refractivity contribution is 0.252. The van der Waals surface area contributed by atoms with Gasteiger partial charge < -0.3 is 16.3 Å². The van der Waals surface area contributed by atoms with Gasteiger partial charge in [0.25, 0.3) is 0 Å². The fourth-order valence-corrected chi connectivity index (χ4v) is 3.34. The summed E-state index contributed by atoms with van der Waals surface area (Å²) in [7, 11) is 0. The molecule has 0 amide bonds. The van der Waals surface area contributed by atoms with Gasteiger partial charge in [0, 0.05) is 30.9 Å². The lowest BCUT2D eigenvalue weighted by Gasteiger charge is -2.16. The molecular formula is C15H18N6. The molecular weight excluding hydrogens is 264 g/mol. The zero-order chi connectivity index (χ0) is 14.0. The van der Waals surface area contributed by atoms with Crippen molar-refractivity contribution < 1.29 is 0 Å². The summed E-state index contributed by atoms with van der Waals surface area (Å²) in [5.41, 5.74) is 14.6. The maximum Gasteiger partial charge on any atom is 0.102 e. The van der Waals surface area contributed by atoms with E-state index in [-0.39, 0.29) is 0 Å². The molecule has 3 N–H and O–H groups in total. The van der Waals surface area contributed by atoms with Crippen molar-refractivity contribution in [1.82, 2.24) is 31.1 Å². The second-order valence-electron chi connectivity index (χ2n) is 5.95. The molecule has 6 nitrogen and oxygen atoms in total. The van der Waals surface area contributed by atoms with Crippen LogP contribution in [0.5, 0.6) is 0 Å². The van der Waals surface area contributed by atoms with Crippen LogP contribution in [0.4, 0.5) is 0 Å². The van der Waals surface area contributed by atoms with Crippen LogP contribution in [0.15, 0.2) is 17.8 Å². The molecule has 1 fully saturated rings. The molecule has 2 aliphatic carbocycles. The number of rotatable bonds is 2. The van der Waals surface area contributed by atoms with Crippen LogP contribution in [-0.2, 0) is 6.54 Å². The number of fused-ring (bicyclic) bond motifs is 1. The van der Waals surface area contributed by atoms with E-state index in [2.05, 4.69) is 45.0 Å². The highest BCUT2D eigenvalue weighted by Crippen LogP contribution is 2.32. The van der Waals surface area contributed by atoms with E-state index in [1.807, 2.05) is 6.20 Å². The van der Waals surface area contributed by atoms with Gasteiger partial charge in [0.1, 0.15) is 5.69 Å². The molecule has 0 unspecified atom stereocenters. The average molecular weight is 282 g/mol. The molecule has 3 heterocycles. The molecule has 6 heteroatoms. The topological polar surface area (TPSA) is 57.2 Å². The van der Waals surface area contributed by atoms with Crippen LogP contribution in [0.2, 0.25) is 0 Å². The van der Waals surface area contributed by atoms with E-state index in [1.165, 1.54) is 29.3 Å². The van der Waals surface area contributed by atoms with Gasteiger partial charge in [-0.05, 0) is 31.9 Å². The highest BCUT2D eigenvalue weighted by Gasteiger charge is 2.36. The Morgan fingerprint density at radius 3 is 2.95 bits per heavy atom. The third-order valence-corrected chi connectivity index (χ3v) is 4.58. The van der Waals surface area contributed by atoms with Crippen molar-refractivity contribution in [1.29, 1.82) is 0 Å². The molecule has 0 atom stereocenters. The van der Waals surface area contributed by atoms with Crippen LogP contribution in [0.25, 0.3) is 17.5 Å². The predicted octanol–water partition coefficient (Wildman–Crippen LogP) is -0.879. The van der Waals surface area contributed by atoms with Gasteiger partial charge in [-0.3, -0.25) is 4.68 Å². The van der Waals surface area contributed by atoms with Crippen LogP contribution in [0.3, 0.4) is 0 Å². The van der Waals surface area contributed by atoms with Crippen LogP contribution in [0.1, 0.15) is 25.5 Å². The van der Waals surface area contributed by atoms with Gasteiger partial charge in [0.2, 0.25) is 0 Å². The summed E-state index contributed by atoms with van der Waals surface area (Å²) in [6, 6.07) is 0.698. The SMILES string of the molecule is CCn1nc2c3c1=CNNC=3C=CC1=C2CN(C2CC2)N1. The summed E-state index contributed by atoms with van der Waals surface area (Å²) < 4.78 is 2.07. The molecule has 1 aromatic heterocycles. The minimum atomic E-state index is 0.698. The molecule has 5 rings (SSSR count). The van der Waals surface area contributed by atoms with Crippen molar-refractivity contribution in [2.75, 3.05) is 6.54 Å². The standard InChI is InChI=1S/C15H18N6/c1-2-20-13-7-16-17-12-6-5-11-10(15(19-20)14(12)13)8-21(18-11)9-3-4-9/h5-7,9,16-18H,2-4,8H2,1H3. The Hall–Kier alpha value is -2.21. The van der Waals surface area contributed by atoms with E-state index in [4.69, 9.17) is 5.10 Å². The highest BCUT2D eigenvalue weighted by atomic mass is 15.6. The Labute approximate surface area is 122 Å². The highest BCUT2D eigenvalue weighted by molar-refractivity contribution is 5.77. The zero-order valence-electron chi connectivity index (χ0n) is 12.0. The maximum absolute atomic E-state index is 4.87. The molecule has 0 radical (unpaired) electrons. The van der Waals surface area contributed by atoms with Crippen molar-refractivity contribution >= 4 is 17.5 Å². The van der Waals surface area contributed by atoms with Gasteiger partial charge in [0.15, 0.2) is 0 Å². The zero-order valence-corrected chi connectivity index (χ0v) is 12.0. The van der Waals surface area contributed by atoms with Gasteiger partial charge >= 0.3 is 0 Å². The molecule has 1 saturated carbocycles. The first-order valence-electron chi connectivity index (χ1n) is 7.63. The molecule has 2 aliphatic heterocycles. The second kappa shape index (κ2) is 3.92. The Balaban J connectivity index is 1.73. The number of nitrogens with one attached hydrogen (secondary N) is 3. The van der Waals surface area contributed by atoms with E-state index in [9.17, 15) is 0 Å². The minimum absolute atomic E-state index is 0.698. The van der Waals surface area contributed by atoms with Crippen molar-refractivity contribution in [2.24, 2.45) is 0 Å². The second-order valence-corrected chi connectivity index (χ2v) is 5.95. The molecule has 0 aromatic carbocycles. The summed E-state index contributed by atoms with van der Waals surface area (Å²) in [5, 5.41) is 9.60. The lowest BCUT2D eigenvalue weighted by atomic mass is 10.1. The Morgan fingerprint density at radius 2 is 2.14 bits per heavy atom. The van der Waals surface area contributed by atoms with Crippen molar-refractivity contribution in [3.63, 3.8) is 0 Å². The van der Waals surface area contributed by atoms with Crippen molar-refractivity contribution in [2.45, 2.75) is 32.4 Å². The average Bonchev–Trinajstić information content (AvgIpc) is 3.19. The molecule has 108 valence electrons. The van der Waals surface area contributed by atoms with Crippen molar-refractivity contribution in [3.8, 4) is 0 Å². The third-order valence-electron chi connectivity index (χ3n) is 4.58. The first-order valence-corrected chi connectivity index (χ1v) is 7.63. The molecule has 0 saturated heterocycles. The molecule has 4 aliphatic rings. The normalized spacial score (nSPS) is 22.8. The molecule has 1 aromatic rings. The fraction of sp³-hybridized carbons (Fsp3) is 0.400. The molecule has 0 spiro atoms. The number of aryl methyl sites for hydroxylation is 1. The summed E-state index contributed by atoms with van der Waals surface area (Å²) in [6.07, 6.45) is 8.90. The number of allylic oxidation sites excluding steroid dienone is 1. The van der Waals surface area contributed by atoms with E-state index in [1.54, 1.807) is 0 Å². The minimum Gasteiger partial charge on any atom is -0.318 e. The van der Waals surface area contributed by atoms with Gasteiger partial charge in [0.05, 0.1) is 22.0 Å². The first-order chi connectivity index (χ1) is 10.3. The Kier molecular flexibility index (Phi) is 2.13. The van der Waals surface area contributed by atoms with E-state index in [0.717, 1.165) is 29.8 Å². The van der Waals surface area contributed by atoms with Crippen LogP contribution < -0.4 is 26.8 Å². The smallest absolute Gasteiger partial charge is 0.102 e. The van der Waals surface area contributed by atoms with Gasteiger partial charge in [-0.25, -0.2) is 5.01 Å². The number of hydrogen-bond donors (Lipinski definition) is 3. The van der Waals surface area contributed by atoms with Crippen LogP contribution in [0, 0.1) is 0 Å². The van der Waals surface area contributed by atoms with Crippen LogP contribution in [-0.4, -0.2) is 27.4 Å². The Bertz CT molecular complexity index is 808. The number of aromatic nitrogens is 2. The molecule has 21 heavy (non-hydrogen) atoms. The third kappa shape index (κ3) is 1.53. The number of hydrazine groups is 2. The largest absolute Gasteiger partial charge is 0.318 e. The summed E-state index contributed by atoms with van der Waals surface area (Å²) in [5.74, 6) is 0. The van der Waals surface area contributed by atoms with E-state index in [0.29, 0.717) is 6.04 Å². The Morgan fingerprint density at radius 1 is 1.29 bits per heavy atom. The lowest BCUT2D eigenvalue weighted by Crippen LogP contribution is -2.45. The van der Waals surface area contributed by atoms with Gasteiger partial charge in [-0.15, -0.1) is 0 Å². The quantitative estimate of drug-likeness (QED) is 0.658. The van der Waals surface area contributed by atoms with Crippen molar-refractivity contribution in [3.05, 3.63) is 34.1 Å². The first kappa shape index (κ1) is 11.4. The van der Waals surface area contributed by atoms with Crippen LogP contribution >= 0.6 is 0 Å². The molecule has 0 bridgehead atoms. The van der Waals surface area contributed by atoms with Gasteiger partial charge in [-0.2, -0.15) is 5.10 Å². The summed E-state index contributed by atoms with van der Waals surface area (Å²) >= 11 is 0. The predicted molar refractivity (Wildman–Crippen MR) is 80.2 cm³/mol. The maximum atomic E-state index is 4.87. The van der Waals surface area contributed by atoms with E-state index < -0.39 is 0 Å². The fourth-order valence-electron chi connectivity index (χ4n) is 3.34. The summed E-state index contributed by atoms with van der Waals surface area (Å²) in [6.45, 7) is 3.95.